The second-order valence-electron chi connectivity index (χ2n) is 7.94. The largest absolute Gasteiger partial charge is 0.505 e. The van der Waals surface area contributed by atoms with E-state index in [2.05, 4.69) is 20.5 Å². The molecule has 0 aliphatic rings. The predicted octanol–water partition coefficient (Wildman–Crippen LogP) is 5.07. The summed E-state index contributed by atoms with van der Waals surface area (Å²) in [7, 11) is -9.51. The number of fused-ring (bicyclic) bond motifs is 1. The van der Waals surface area contributed by atoms with Gasteiger partial charge in [-0.05, 0) is 48.5 Å². The highest BCUT2D eigenvalue weighted by Gasteiger charge is 2.24. The zero-order chi connectivity index (χ0) is 29.4. The highest BCUT2D eigenvalue weighted by atomic mass is 32.2. The third-order valence-corrected chi connectivity index (χ3v) is 7.08. The summed E-state index contributed by atoms with van der Waals surface area (Å²) in [4.78, 5) is 8.82. The number of nitrogens with zero attached hydrogens (tertiary/aromatic N) is 5. The molecule has 0 saturated carbocycles. The van der Waals surface area contributed by atoms with Crippen molar-refractivity contribution in [1.29, 1.82) is 0 Å². The number of benzene rings is 4. The van der Waals surface area contributed by atoms with E-state index in [1.54, 1.807) is 0 Å². The van der Waals surface area contributed by atoms with Crippen LogP contribution in [0, 0.1) is 10.1 Å². The maximum atomic E-state index is 12.2. The highest BCUT2D eigenvalue weighted by molar-refractivity contribution is 7.86. The molecule has 0 unspecified atom stereocenters. The summed E-state index contributed by atoms with van der Waals surface area (Å²) < 4.78 is 65.7. The molecule has 0 aliphatic carbocycles. The molecule has 4 aromatic carbocycles. The van der Waals surface area contributed by atoms with Crippen LogP contribution in [-0.4, -0.2) is 41.1 Å². The lowest BCUT2D eigenvalue weighted by Gasteiger charge is -2.11. The molecule has 18 heteroatoms. The molecule has 0 amide bonds. The molecule has 0 atom stereocenters. The first-order valence-corrected chi connectivity index (χ1v) is 13.5. The average molecular weight is 589 g/mol. The van der Waals surface area contributed by atoms with Gasteiger partial charge in [-0.25, -0.2) is 0 Å². The minimum absolute atomic E-state index is 0.00267. The summed E-state index contributed by atoms with van der Waals surface area (Å²) in [5, 5.41) is 46.8. The summed E-state index contributed by atoms with van der Waals surface area (Å²) in [6, 6.07) is 10.8. The van der Waals surface area contributed by atoms with E-state index in [-0.39, 0.29) is 33.5 Å². The smallest absolute Gasteiger partial charge is 0.296 e. The van der Waals surface area contributed by atoms with E-state index in [1.165, 1.54) is 12.1 Å². The maximum absolute atomic E-state index is 12.2. The number of hydrogen-bond donors (Lipinski definition) is 5. The topological polar surface area (TPSA) is 268 Å². The number of non-ortho nitro benzene ring substituents is 1. The molecule has 0 bridgehead atoms. The van der Waals surface area contributed by atoms with Crippen molar-refractivity contribution >= 4 is 65.1 Å². The Kier molecular flexibility index (Phi) is 7.18. The molecule has 0 aromatic heterocycles. The van der Waals surface area contributed by atoms with Crippen LogP contribution in [0.1, 0.15) is 0 Å². The predicted molar refractivity (Wildman–Crippen MR) is 139 cm³/mol. The normalized spacial score (nSPS) is 12.4. The second-order valence-corrected chi connectivity index (χ2v) is 10.8. The van der Waals surface area contributed by atoms with Crippen LogP contribution in [0.15, 0.2) is 90.9 Å². The molecule has 0 saturated heterocycles. The minimum Gasteiger partial charge on any atom is -0.505 e. The third kappa shape index (κ3) is 5.68. The SMILES string of the molecule is Nc1ccc2c(O)c(N=Nc3ccc(S(=O)(=O)O)cc3)c(S(=O)(=O)O)cc2c1N=Nc1ccc([N+](=O)[O-])cc1O. The number of anilines is 1. The number of rotatable bonds is 7. The van der Waals surface area contributed by atoms with Crippen molar-refractivity contribution in [3.8, 4) is 11.5 Å². The lowest BCUT2D eigenvalue weighted by atomic mass is 10.1. The van der Waals surface area contributed by atoms with Crippen molar-refractivity contribution in [1.82, 2.24) is 0 Å². The fraction of sp³-hybridized carbons (Fsp3) is 0. The van der Waals surface area contributed by atoms with Gasteiger partial charge in [-0.15, -0.1) is 15.3 Å². The van der Waals surface area contributed by atoms with E-state index in [1.807, 2.05) is 0 Å². The van der Waals surface area contributed by atoms with Crippen LogP contribution in [0.5, 0.6) is 11.5 Å². The number of aromatic hydroxyl groups is 2. The Morgan fingerprint density at radius 1 is 0.750 bits per heavy atom. The van der Waals surface area contributed by atoms with Crippen molar-refractivity contribution in [2.75, 3.05) is 5.73 Å². The number of azo groups is 2. The van der Waals surface area contributed by atoms with Gasteiger partial charge in [0.25, 0.3) is 25.9 Å². The number of nitrogen functional groups attached to an aromatic ring is 1. The van der Waals surface area contributed by atoms with E-state index in [0.29, 0.717) is 0 Å². The summed E-state index contributed by atoms with van der Waals surface area (Å²) >= 11 is 0. The number of phenolic OH excluding ortho intramolecular Hbond substituents is 2. The molecule has 0 fully saturated rings. The van der Waals surface area contributed by atoms with Crippen LogP contribution in [0.4, 0.5) is 34.1 Å². The first kappa shape index (κ1) is 28.0. The first-order valence-electron chi connectivity index (χ1n) is 10.6. The Labute approximate surface area is 224 Å². The number of hydrogen-bond acceptors (Lipinski definition) is 13. The van der Waals surface area contributed by atoms with Crippen LogP contribution in [0.2, 0.25) is 0 Å². The average Bonchev–Trinajstić information content (AvgIpc) is 2.87. The first-order chi connectivity index (χ1) is 18.7. The number of nitro groups is 1. The quantitative estimate of drug-likeness (QED) is 0.0625. The molecule has 0 spiro atoms. The van der Waals surface area contributed by atoms with Crippen LogP contribution in [-0.2, 0) is 20.2 Å². The van der Waals surface area contributed by atoms with Gasteiger partial charge in [0, 0.05) is 16.8 Å². The van der Waals surface area contributed by atoms with Crippen LogP contribution in [0.3, 0.4) is 0 Å². The van der Waals surface area contributed by atoms with Gasteiger partial charge in [-0.1, -0.05) is 0 Å². The second kappa shape index (κ2) is 10.3. The highest BCUT2D eigenvalue weighted by Crippen LogP contribution is 2.46. The van der Waals surface area contributed by atoms with Crippen LogP contribution >= 0.6 is 0 Å². The van der Waals surface area contributed by atoms with Gasteiger partial charge in [-0.2, -0.15) is 21.9 Å². The number of nitrogens with two attached hydrogens (primary N) is 1. The van der Waals surface area contributed by atoms with Gasteiger partial charge < -0.3 is 15.9 Å². The Morgan fingerprint density at radius 2 is 1.40 bits per heavy atom. The lowest BCUT2D eigenvalue weighted by Crippen LogP contribution is -1.99. The van der Waals surface area contributed by atoms with E-state index in [4.69, 9.17) is 10.3 Å². The molecule has 0 aliphatic heterocycles. The van der Waals surface area contributed by atoms with E-state index >= 15 is 0 Å². The Balaban J connectivity index is 1.85. The van der Waals surface area contributed by atoms with Gasteiger partial charge in [0.1, 0.15) is 27.7 Å². The number of nitro benzene ring substituents is 1. The molecule has 6 N–H and O–H groups in total. The molecular formula is C22H16N6O10S2. The minimum atomic E-state index is -5.04. The van der Waals surface area contributed by atoms with Gasteiger partial charge >= 0.3 is 0 Å². The summed E-state index contributed by atoms with van der Waals surface area (Å²) in [6.45, 7) is 0. The van der Waals surface area contributed by atoms with Gasteiger partial charge in [0.05, 0.1) is 27.3 Å². The Hall–Kier alpha value is -5.04. The fourth-order valence-corrected chi connectivity index (χ4v) is 4.56. The molecule has 0 radical (unpaired) electrons. The van der Waals surface area contributed by atoms with E-state index < -0.39 is 57.8 Å². The standard InChI is InChI=1S/C22H16N6O10S2/c23-16-7-6-14-15(20(16)26-25-17-8-3-12(28(31)32)9-18(17)29)10-19(40(36,37)38)21(22(14)30)27-24-11-1-4-13(5-2-11)39(33,34)35/h1-10,29-30H,23H2,(H,33,34,35)(H,36,37,38). The molecule has 206 valence electrons. The monoisotopic (exact) mass is 588 g/mol. The zero-order valence-corrected chi connectivity index (χ0v) is 21.3. The van der Waals surface area contributed by atoms with Crippen molar-refractivity contribution in [2.45, 2.75) is 9.79 Å². The maximum Gasteiger partial charge on any atom is 0.296 e. The number of phenols is 2. The van der Waals surface area contributed by atoms with E-state index in [9.17, 15) is 41.7 Å². The van der Waals surface area contributed by atoms with E-state index in [0.717, 1.165) is 48.5 Å². The van der Waals surface area contributed by atoms with Crippen LogP contribution in [0.25, 0.3) is 10.8 Å². The lowest BCUT2D eigenvalue weighted by molar-refractivity contribution is -0.384. The van der Waals surface area contributed by atoms with Gasteiger partial charge in [-0.3, -0.25) is 19.2 Å². The molecule has 16 nitrogen and oxygen atoms in total. The third-order valence-electron chi connectivity index (χ3n) is 5.34. The van der Waals surface area contributed by atoms with Crippen molar-refractivity contribution in [3.05, 3.63) is 70.8 Å². The van der Waals surface area contributed by atoms with Gasteiger partial charge in [0.2, 0.25) is 0 Å². The molecule has 0 heterocycles. The molecule has 40 heavy (non-hydrogen) atoms. The molecule has 4 aromatic rings. The van der Waals surface area contributed by atoms with Crippen LogP contribution < -0.4 is 5.73 Å². The summed E-state index contributed by atoms with van der Waals surface area (Å²) in [6.07, 6.45) is 0. The van der Waals surface area contributed by atoms with Gasteiger partial charge in [0.15, 0.2) is 5.75 Å². The van der Waals surface area contributed by atoms with Crippen molar-refractivity contribution in [3.63, 3.8) is 0 Å². The Bertz CT molecular complexity index is 1960. The fourth-order valence-electron chi connectivity index (χ4n) is 3.43. The molecular weight excluding hydrogens is 572 g/mol. The molecule has 4 rings (SSSR count). The zero-order valence-electron chi connectivity index (χ0n) is 19.6. The Morgan fingerprint density at radius 3 is 1.98 bits per heavy atom. The van der Waals surface area contributed by atoms with Crippen molar-refractivity contribution in [2.24, 2.45) is 20.5 Å². The summed E-state index contributed by atoms with van der Waals surface area (Å²) in [5.74, 6) is -1.33. The summed E-state index contributed by atoms with van der Waals surface area (Å²) in [5.41, 5.74) is 4.49. The van der Waals surface area contributed by atoms with Crippen molar-refractivity contribution < 1.29 is 41.1 Å².